The normalized spacial score (nSPS) is 31.6. The Morgan fingerprint density at radius 3 is 1.91 bits per heavy atom. The molecule has 11 heavy (non-hydrogen) atoms. The molecule has 2 N–H and O–H groups in total. The van der Waals surface area contributed by atoms with Crippen LogP contribution >= 0.6 is 12.4 Å². The van der Waals surface area contributed by atoms with Gasteiger partial charge in [0.15, 0.2) is 0 Å². The lowest BCUT2D eigenvalue weighted by molar-refractivity contribution is 0.217. The molecule has 0 unspecified atom stereocenters. The lowest BCUT2D eigenvalue weighted by Crippen LogP contribution is -2.36. The molecule has 68 valence electrons. The van der Waals surface area contributed by atoms with E-state index < -0.39 is 0 Å². The Balaban J connectivity index is 0.000001000. The molecule has 1 saturated carbocycles. The SMILES string of the molecule is CN(C)[C@H]1CC[C@H](N)CC1.Cl. The van der Waals surface area contributed by atoms with Crippen LogP contribution in [0.2, 0.25) is 0 Å². The molecule has 0 bridgehead atoms. The van der Waals surface area contributed by atoms with Crippen molar-refractivity contribution < 1.29 is 0 Å². The second kappa shape index (κ2) is 4.96. The molecular weight excluding hydrogens is 160 g/mol. The quantitative estimate of drug-likeness (QED) is 0.655. The molecule has 0 radical (unpaired) electrons. The van der Waals surface area contributed by atoms with Crippen LogP contribution in [0.3, 0.4) is 0 Å². The summed E-state index contributed by atoms with van der Waals surface area (Å²) in [6.07, 6.45) is 4.99. The molecule has 1 aliphatic carbocycles. The monoisotopic (exact) mass is 178 g/mol. The van der Waals surface area contributed by atoms with Gasteiger partial charge in [-0.3, -0.25) is 0 Å². The lowest BCUT2D eigenvalue weighted by Gasteiger charge is -2.30. The van der Waals surface area contributed by atoms with Crippen LogP contribution in [-0.4, -0.2) is 31.1 Å². The summed E-state index contributed by atoms with van der Waals surface area (Å²) in [7, 11) is 4.31. The van der Waals surface area contributed by atoms with Crippen LogP contribution in [0.4, 0.5) is 0 Å². The largest absolute Gasteiger partial charge is 0.328 e. The molecule has 0 aromatic heterocycles. The van der Waals surface area contributed by atoms with Crippen LogP contribution in [0.5, 0.6) is 0 Å². The van der Waals surface area contributed by atoms with Gasteiger partial charge in [-0.1, -0.05) is 0 Å². The van der Waals surface area contributed by atoms with Crippen LogP contribution in [0, 0.1) is 0 Å². The maximum Gasteiger partial charge on any atom is 0.00903 e. The predicted octanol–water partition coefficient (Wildman–Crippen LogP) is 1.24. The van der Waals surface area contributed by atoms with Gasteiger partial charge in [-0.15, -0.1) is 12.4 Å². The molecule has 0 aromatic rings. The van der Waals surface area contributed by atoms with Gasteiger partial charge in [0.25, 0.3) is 0 Å². The number of rotatable bonds is 1. The minimum atomic E-state index is 0. The van der Waals surface area contributed by atoms with Gasteiger partial charge in [-0.05, 0) is 39.8 Å². The van der Waals surface area contributed by atoms with E-state index in [2.05, 4.69) is 19.0 Å². The van der Waals surface area contributed by atoms with Gasteiger partial charge >= 0.3 is 0 Å². The molecule has 3 heteroatoms. The Kier molecular flexibility index (Phi) is 5.06. The maximum atomic E-state index is 5.78. The summed E-state index contributed by atoms with van der Waals surface area (Å²) in [5.74, 6) is 0. The summed E-state index contributed by atoms with van der Waals surface area (Å²) in [6.45, 7) is 0. The number of halogens is 1. The standard InChI is InChI=1S/C8H18N2.ClH/c1-10(2)8-5-3-7(9)4-6-8;/h7-8H,3-6,9H2,1-2H3;1H/t7-,8-;. The molecule has 1 rings (SSSR count). The first-order valence-electron chi connectivity index (χ1n) is 4.12. The predicted molar refractivity (Wildman–Crippen MR) is 51.2 cm³/mol. The molecule has 0 saturated heterocycles. The maximum absolute atomic E-state index is 5.78. The molecule has 0 atom stereocenters. The number of hydrogen-bond donors (Lipinski definition) is 1. The molecule has 0 amide bonds. The van der Waals surface area contributed by atoms with Crippen LogP contribution in [0.25, 0.3) is 0 Å². The van der Waals surface area contributed by atoms with Crippen molar-refractivity contribution in [1.82, 2.24) is 4.90 Å². The Hall–Kier alpha value is 0.210. The van der Waals surface area contributed by atoms with Crippen molar-refractivity contribution in [2.45, 2.75) is 37.8 Å². The molecular formula is C8H19ClN2. The average Bonchev–Trinajstić information content (AvgIpc) is 1.88. The van der Waals surface area contributed by atoms with E-state index in [1.807, 2.05) is 0 Å². The fourth-order valence-corrected chi connectivity index (χ4v) is 1.62. The van der Waals surface area contributed by atoms with E-state index in [0.717, 1.165) is 6.04 Å². The zero-order valence-electron chi connectivity index (χ0n) is 7.42. The topological polar surface area (TPSA) is 29.3 Å². The van der Waals surface area contributed by atoms with Crippen LogP contribution in [0.1, 0.15) is 25.7 Å². The van der Waals surface area contributed by atoms with E-state index in [-0.39, 0.29) is 12.4 Å². The first kappa shape index (κ1) is 11.2. The fraction of sp³-hybridized carbons (Fsp3) is 1.00. The van der Waals surface area contributed by atoms with Crippen molar-refractivity contribution in [3.8, 4) is 0 Å². The third-order valence-electron chi connectivity index (χ3n) is 2.47. The summed E-state index contributed by atoms with van der Waals surface area (Å²) in [6, 6.07) is 1.27. The third-order valence-corrected chi connectivity index (χ3v) is 2.47. The van der Waals surface area contributed by atoms with Gasteiger partial charge in [-0.25, -0.2) is 0 Å². The van der Waals surface area contributed by atoms with Crippen LogP contribution in [0.15, 0.2) is 0 Å². The van der Waals surface area contributed by atoms with Gasteiger partial charge < -0.3 is 10.6 Å². The van der Waals surface area contributed by atoms with Gasteiger partial charge in [0.05, 0.1) is 0 Å². The Morgan fingerprint density at radius 1 is 1.09 bits per heavy atom. The smallest absolute Gasteiger partial charge is 0.00903 e. The fourth-order valence-electron chi connectivity index (χ4n) is 1.62. The highest BCUT2D eigenvalue weighted by Gasteiger charge is 2.19. The van der Waals surface area contributed by atoms with Crippen LogP contribution in [-0.2, 0) is 0 Å². The number of nitrogens with two attached hydrogens (primary N) is 1. The zero-order valence-corrected chi connectivity index (χ0v) is 8.23. The van der Waals surface area contributed by atoms with Crippen molar-refractivity contribution in [2.24, 2.45) is 5.73 Å². The highest BCUT2D eigenvalue weighted by Crippen LogP contribution is 2.19. The van der Waals surface area contributed by atoms with Crippen molar-refractivity contribution >= 4 is 12.4 Å². The van der Waals surface area contributed by atoms with E-state index >= 15 is 0 Å². The van der Waals surface area contributed by atoms with Crippen molar-refractivity contribution in [3.63, 3.8) is 0 Å². The highest BCUT2D eigenvalue weighted by molar-refractivity contribution is 5.85. The summed E-state index contributed by atoms with van der Waals surface area (Å²) in [4.78, 5) is 2.31. The van der Waals surface area contributed by atoms with Crippen molar-refractivity contribution in [3.05, 3.63) is 0 Å². The molecule has 2 nitrogen and oxygen atoms in total. The van der Waals surface area contributed by atoms with Gasteiger partial charge in [0, 0.05) is 12.1 Å². The molecule has 0 aliphatic heterocycles. The Labute approximate surface area is 75.5 Å². The number of hydrogen-bond acceptors (Lipinski definition) is 2. The van der Waals surface area contributed by atoms with E-state index in [4.69, 9.17) is 5.73 Å². The summed E-state index contributed by atoms with van der Waals surface area (Å²) in [5.41, 5.74) is 5.78. The first-order valence-corrected chi connectivity index (χ1v) is 4.12. The molecule has 1 fully saturated rings. The lowest BCUT2D eigenvalue weighted by atomic mass is 9.91. The van der Waals surface area contributed by atoms with Gasteiger partial charge in [0.1, 0.15) is 0 Å². The van der Waals surface area contributed by atoms with Crippen molar-refractivity contribution in [2.75, 3.05) is 14.1 Å². The van der Waals surface area contributed by atoms with Gasteiger partial charge in [0.2, 0.25) is 0 Å². The number of nitrogens with zero attached hydrogens (tertiary/aromatic N) is 1. The summed E-state index contributed by atoms with van der Waals surface area (Å²) >= 11 is 0. The molecule has 0 heterocycles. The minimum Gasteiger partial charge on any atom is -0.328 e. The van der Waals surface area contributed by atoms with Crippen LogP contribution < -0.4 is 5.73 Å². The molecule has 1 aliphatic rings. The third kappa shape index (κ3) is 3.41. The van der Waals surface area contributed by atoms with E-state index in [1.54, 1.807) is 0 Å². The first-order chi connectivity index (χ1) is 4.70. The average molecular weight is 179 g/mol. The summed E-state index contributed by atoms with van der Waals surface area (Å²) in [5, 5.41) is 0. The second-order valence-corrected chi connectivity index (χ2v) is 3.53. The van der Waals surface area contributed by atoms with E-state index in [9.17, 15) is 0 Å². The molecule has 0 spiro atoms. The minimum absolute atomic E-state index is 0. The Bertz CT molecular complexity index is 98.3. The Morgan fingerprint density at radius 2 is 1.55 bits per heavy atom. The van der Waals surface area contributed by atoms with Crippen molar-refractivity contribution in [1.29, 1.82) is 0 Å². The molecule has 0 aromatic carbocycles. The second-order valence-electron chi connectivity index (χ2n) is 3.53. The summed E-state index contributed by atoms with van der Waals surface area (Å²) < 4.78 is 0. The highest BCUT2D eigenvalue weighted by atomic mass is 35.5. The van der Waals surface area contributed by atoms with E-state index in [0.29, 0.717) is 6.04 Å². The zero-order chi connectivity index (χ0) is 7.56. The van der Waals surface area contributed by atoms with E-state index in [1.165, 1.54) is 25.7 Å². The van der Waals surface area contributed by atoms with Gasteiger partial charge in [-0.2, -0.15) is 0 Å².